The van der Waals surface area contributed by atoms with Gasteiger partial charge in [0.1, 0.15) is 220 Å². The standard InChI is InChI=1S/C58H98N2O46/c1-12(68)59-23-32(77)44(19(8-66)92-50(23)89)101-51-24(60-13(2)69)33(78)45(20(9-67)98-51)102-56-43(88)47(31(76)22(99-56)11-91-53-40(85)35(80)26(71)15(4-62)94-53)104-58-49(38(83)29(74)21(100-58)10-90-52-39(84)34(79)25(70)14(3-61)93-52)106-57-48(37(82)28(73)17(6-64)97-57)105-55-42(87)46(30(75)18(7-65)96-55)103-54-41(86)36(81)27(72)16(5-63)95-54/h14-58,61-67,70-89H,3-11H2,1-2H3,(H,59,68)(H,60,69)/t14-,15-,16-,17-,18-,19-,20-,21-,22-,23-,24-,25-,26-,27-,28-,29-,30-,31-,32-,33-,34+,35+,36+,37+,38+,39+,40+,41+,42+,43+,44-,45-,46+,47+,48+,49+,50?,51+,52+,53+,54-,55-,56+,57-,58-/m1/s1. The quantitative estimate of drug-likeness (QED) is 0.0363. The highest BCUT2D eigenvalue weighted by Gasteiger charge is 2.61. The Hall–Kier alpha value is -2.82. The molecule has 0 bridgehead atoms. The molecule has 9 rings (SSSR count). The SMILES string of the molecule is CC(=O)N[C@H]1[C@H](O[C@H]2[C@H](O)[C@@H](NC(C)=O)C(O)O[C@@H]2CO)O[C@H](CO)[C@@H](O[C@@H]2O[C@H](CO[C@H]3O[C@H](CO)[C@@H](O)[C@H](O)[C@@H]3O)[C@@H](O)[C@H](O[C@H]3O[C@H](CO[C@H]4O[C@H](CO)[C@@H](O)[C@H](O)[C@@H]4O)[C@@H](O)[C@H](O)[C@@H]3O[C@H]3O[C@H](CO)[C@@H](O)[C@H](O)[C@@H]3O[C@H]3O[C@H](CO)[C@@H](O)[C@H](O[C@H]4O[C@H](CO)[C@@H](O)[C@H](O)[C@@H]4O)[C@@H]3O)[C@@H]2O)[C@@H]1O. The first-order valence-corrected chi connectivity index (χ1v) is 33.7. The van der Waals surface area contributed by atoms with E-state index in [4.69, 9.17) is 80.5 Å². The molecule has 45 atom stereocenters. The summed E-state index contributed by atoms with van der Waals surface area (Å²) in [5.74, 6) is -1.72. The number of amides is 2. The van der Waals surface area contributed by atoms with Crippen molar-refractivity contribution in [1.29, 1.82) is 0 Å². The zero-order valence-corrected chi connectivity index (χ0v) is 56.2. The van der Waals surface area contributed by atoms with Crippen molar-refractivity contribution in [1.82, 2.24) is 10.6 Å². The van der Waals surface area contributed by atoms with E-state index in [1.165, 1.54) is 0 Å². The van der Waals surface area contributed by atoms with Gasteiger partial charge in [0.15, 0.2) is 56.6 Å². The third-order valence-corrected chi connectivity index (χ3v) is 19.5. The summed E-state index contributed by atoms with van der Waals surface area (Å²) in [4.78, 5) is 25.0. The third-order valence-electron chi connectivity index (χ3n) is 19.5. The highest BCUT2D eigenvalue weighted by atomic mass is 16.8. The normalized spacial score (nSPS) is 51.2. The number of carbonyl (C=O) groups is 2. The maximum absolute atomic E-state index is 12.9. The van der Waals surface area contributed by atoms with Crippen molar-refractivity contribution in [3.05, 3.63) is 0 Å². The Morgan fingerprint density at radius 2 is 0.509 bits per heavy atom. The Bertz CT molecular complexity index is 2710. The third kappa shape index (κ3) is 18.7. The molecule has 106 heavy (non-hydrogen) atoms. The molecule has 9 aliphatic heterocycles. The first-order valence-electron chi connectivity index (χ1n) is 33.7. The number of aliphatic hydroxyl groups excluding tert-OH is 27. The number of carbonyl (C=O) groups excluding carboxylic acids is 2. The van der Waals surface area contributed by atoms with Crippen molar-refractivity contribution in [3.8, 4) is 0 Å². The first-order chi connectivity index (χ1) is 50.2. The van der Waals surface area contributed by atoms with Crippen LogP contribution in [0.25, 0.3) is 0 Å². The molecule has 0 radical (unpaired) electrons. The molecule has 0 spiro atoms. The van der Waals surface area contributed by atoms with Gasteiger partial charge in [0.25, 0.3) is 0 Å². The summed E-state index contributed by atoms with van der Waals surface area (Å²) in [6.07, 6.45) is -91.5. The summed E-state index contributed by atoms with van der Waals surface area (Å²) in [7, 11) is 0. The molecule has 48 heteroatoms. The lowest BCUT2D eigenvalue weighted by molar-refractivity contribution is -0.412. The molecule has 0 aliphatic carbocycles. The molecular weight excluding hydrogens is 1460 g/mol. The summed E-state index contributed by atoms with van der Waals surface area (Å²) in [5, 5.41) is 302. The van der Waals surface area contributed by atoms with Gasteiger partial charge in [-0.3, -0.25) is 9.59 Å². The number of rotatable bonds is 27. The lowest BCUT2D eigenvalue weighted by Crippen LogP contribution is -2.70. The van der Waals surface area contributed by atoms with E-state index in [-0.39, 0.29) is 0 Å². The Kier molecular flexibility index (Phi) is 31.1. The van der Waals surface area contributed by atoms with E-state index in [1.807, 2.05) is 0 Å². The van der Waals surface area contributed by atoms with Crippen LogP contribution in [-0.2, 0) is 90.1 Å². The van der Waals surface area contributed by atoms with Crippen LogP contribution >= 0.6 is 0 Å². The highest BCUT2D eigenvalue weighted by Crippen LogP contribution is 2.40. The van der Waals surface area contributed by atoms with Crippen molar-refractivity contribution in [2.75, 3.05) is 59.5 Å². The molecule has 29 N–H and O–H groups in total. The van der Waals surface area contributed by atoms with Gasteiger partial charge < -0.3 is 229 Å². The summed E-state index contributed by atoms with van der Waals surface area (Å²) in [6.45, 7) is -7.69. The Morgan fingerprint density at radius 1 is 0.245 bits per heavy atom. The van der Waals surface area contributed by atoms with Gasteiger partial charge in [-0.2, -0.15) is 0 Å². The molecule has 9 saturated heterocycles. The van der Waals surface area contributed by atoms with Gasteiger partial charge in [-0.05, 0) is 0 Å². The lowest BCUT2D eigenvalue weighted by atomic mass is 9.94. The lowest BCUT2D eigenvalue weighted by Gasteiger charge is -2.51. The van der Waals surface area contributed by atoms with Gasteiger partial charge in [-0.15, -0.1) is 0 Å². The van der Waals surface area contributed by atoms with Crippen LogP contribution in [-0.4, -0.2) is 485 Å². The van der Waals surface area contributed by atoms with E-state index in [1.54, 1.807) is 0 Å². The number of ether oxygens (including phenoxy) is 17. The van der Waals surface area contributed by atoms with Gasteiger partial charge >= 0.3 is 0 Å². The van der Waals surface area contributed by atoms with Gasteiger partial charge in [0, 0.05) is 13.8 Å². The summed E-state index contributed by atoms with van der Waals surface area (Å²) >= 11 is 0. The Morgan fingerprint density at radius 3 is 0.943 bits per heavy atom. The molecule has 0 aromatic carbocycles. The number of hydrogen-bond donors (Lipinski definition) is 29. The molecule has 616 valence electrons. The average molecular weight is 1560 g/mol. The van der Waals surface area contributed by atoms with E-state index in [0.29, 0.717) is 0 Å². The fourth-order valence-corrected chi connectivity index (χ4v) is 13.5. The maximum atomic E-state index is 12.9. The summed E-state index contributed by atoms with van der Waals surface area (Å²) < 4.78 is 98.9. The topological polar surface area (TPSA) is 761 Å². The zero-order chi connectivity index (χ0) is 77.9. The minimum atomic E-state index is -2.59. The fourth-order valence-electron chi connectivity index (χ4n) is 13.5. The monoisotopic (exact) mass is 1560 g/mol. The zero-order valence-electron chi connectivity index (χ0n) is 56.2. The van der Waals surface area contributed by atoms with Crippen LogP contribution in [0.5, 0.6) is 0 Å². The van der Waals surface area contributed by atoms with Gasteiger partial charge in [0.2, 0.25) is 11.8 Å². The second-order valence-electron chi connectivity index (χ2n) is 26.7. The average Bonchev–Trinajstić information content (AvgIpc) is 0.770. The van der Waals surface area contributed by atoms with Crippen LogP contribution < -0.4 is 10.6 Å². The predicted octanol–water partition coefficient (Wildman–Crippen LogP) is -20.3. The maximum Gasteiger partial charge on any atom is 0.217 e. The summed E-state index contributed by atoms with van der Waals surface area (Å²) in [5.41, 5.74) is 0. The molecule has 9 aliphatic rings. The number of aliphatic hydroxyl groups is 27. The van der Waals surface area contributed by atoms with Crippen molar-refractivity contribution in [2.24, 2.45) is 0 Å². The van der Waals surface area contributed by atoms with E-state index in [2.05, 4.69) is 10.6 Å². The van der Waals surface area contributed by atoms with Crippen LogP contribution in [0.1, 0.15) is 13.8 Å². The summed E-state index contributed by atoms with van der Waals surface area (Å²) in [6, 6.07) is -3.55. The molecule has 1 unspecified atom stereocenters. The van der Waals surface area contributed by atoms with Crippen LogP contribution in [0.4, 0.5) is 0 Å². The largest absolute Gasteiger partial charge is 0.394 e. The van der Waals surface area contributed by atoms with E-state index in [9.17, 15) is 147 Å². The van der Waals surface area contributed by atoms with Crippen molar-refractivity contribution < 1.29 is 228 Å². The van der Waals surface area contributed by atoms with Gasteiger partial charge in [-0.1, -0.05) is 0 Å². The van der Waals surface area contributed by atoms with Crippen LogP contribution in [0.15, 0.2) is 0 Å². The van der Waals surface area contributed by atoms with E-state index < -0.39 is 348 Å². The first kappa shape index (κ1) is 87.2. The minimum absolute atomic E-state index is 0.782. The molecule has 9 fully saturated rings. The molecular formula is C58H98N2O46. The number of hydrogen-bond acceptors (Lipinski definition) is 46. The minimum Gasteiger partial charge on any atom is -0.394 e. The van der Waals surface area contributed by atoms with Crippen molar-refractivity contribution >= 4 is 11.8 Å². The van der Waals surface area contributed by atoms with Gasteiger partial charge in [0.05, 0.1) is 59.5 Å². The molecule has 9 heterocycles. The van der Waals surface area contributed by atoms with E-state index >= 15 is 0 Å². The van der Waals surface area contributed by atoms with Crippen LogP contribution in [0.3, 0.4) is 0 Å². The predicted molar refractivity (Wildman–Crippen MR) is 320 cm³/mol. The molecule has 0 aromatic heterocycles. The smallest absolute Gasteiger partial charge is 0.217 e. The molecule has 48 nitrogen and oxygen atoms in total. The van der Waals surface area contributed by atoms with Crippen molar-refractivity contribution in [3.63, 3.8) is 0 Å². The van der Waals surface area contributed by atoms with E-state index in [0.717, 1.165) is 13.8 Å². The number of nitrogens with one attached hydrogen (secondary N) is 2. The Balaban J connectivity index is 1.06. The molecule has 0 aromatic rings. The second-order valence-corrected chi connectivity index (χ2v) is 26.7. The molecule has 2 amide bonds. The van der Waals surface area contributed by atoms with Crippen LogP contribution in [0, 0.1) is 0 Å². The Labute approximate surface area is 598 Å². The molecule has 0 saturated carbocycles. The fraction of sp³-hybridized carbons (Fsp3) is 0.966. The van der Waals surface area contributed by atoms with Gasteiger partial charge in [-0.25, -0.2) is 0 Å². The van der Waals surface area contributed by atoms with Crippen LogP contribution in [0.2, 0.25) is 0 Å². The highest BCUT2D eigenvalue weighted by molar-refractivity contribution is 5.73. The van der Waals surface area contributed by atoms with Crippen molar-refractivity contribution in [2.45, 2.75) is 290 Å². The second kappa shape index (κ2) is 37.9.